The summed E-state index contributed by atoms with van der Waals surface area (Å²) in [5.74, 6) is 0.0105. The zero-order chi connectivity index (χ0) is 25.8. The van der Waals surface area contributed by atoms with Gasteiger partial charge in [-0.15, -0.1) is 0 Å². The van der Waals surface area contributed by atoms with E-state index in [1.54, 1.807) is 41.3 Å². The molecule has 0 aliphatic carbocycles. The van der Waals surface area contributed by atoms with Gasteiger partial charge in [-0.2, -0.15) is 0 Å². The molecule has 1 fully saturated rings. The predicted molar refractivity (Wildman–Crippen MR) is 139 cm³/mol. The molecule has 2 aromatic carbocycles. The lowest BCUT2D eigenvalue weighted by Gasteiger charge is -2.32. The zero-order valence-corrected chi connectivity index (χ0v) is 22.1. The number of carbonyl (C=O) groups excluding carboxylic acids is 2. The van der Waals surface area contributed by atoms with Crippen molar-refractivity contribution >= 4 is 27.5 Å². The Balaban J connectivity index is 1.64. The Labute approximate surface area is 209 Å². The van der Waals surface area contributed by atoms with Gasteiger partial charge < -0.3 is 10.2 Å². The normalized spacial score (nSPS) is 16.7. The van der Waals surface area contributed by atoms with Gasteiger partial charge in [-0.05, 0) is 66.1 Å². The smallest absolute Gasteiger partial charge is 0.261 e. The minimum Gasteiger partial charge on any atom is -0.356 e. The highest BCUT2D eigenvalue weighted by Crippen LogP contribution is 2.25. The fourth-order valence-electron chi connectivity index (χ4n) is 4.04. The highest BCUT2D eigenvalue weighted by atomic mass is 32.2. The predicted octanol–water partition coefficient (Wildman–Crippen LogP) is 4.41. The number of amides is 2. The Bertz CT molecular complexity index is 1130. The molecule has 0 saturated carbocycles. The molecule has 8 heteroatoms. The van der Waals surface area contributed by atoms with Gasteiger partial charge in [0.15, 0.2) is 0 Å². The number of sulfonamides is 1. The van der Waals surface area contributed by atoms with E-state index in [0.717, 1.165) is 18.4 Å². The lowest BCUT2D eigenvalue weighted by Crippen LogP contribution is -2.46. The number of nitrogens with zero attached hydrogens (tertiary/aromatic N) is 1. The molecule has 1 unspecified atom stereocenters. The van der Waals surface area contributed by atoms with E-state index in [-0.39, 0.29) is 28.0 Å². The van der Waals surface area contributed by atoms with Crippen molar-refractivity contribution < 1.29 is 18.0 Å². The second kappa shape index (κ2) is 10.8. The van der Waals surface area contributed by atoms with Gasteiger partial charge in [0.2, 0.25) is 5.91 Å². The first-order valence-electron chi connectivity index (χ1n) is 12.2. The molecule has 7 nitrogen and oxygen atoms in total. The van der Waals surface area contributed by atoms with Crippen LogP contribution in [0.15, 0.2) is 53.4 Å². The third-order valence-electron chi connectivity index (χ3n) is 6.18. The second-order valence-electron chi connectivity index (χ2n) is 10.7. The van der Waals surface area contributed by atoms with E-state index in [1.165, 1.54) is 0 Å². The molecule has 0 spiro atoms. The Morgan fingerprint density at radius 2 is 1.66 bits per heavy atom. The van der Waals surface area contributed by atoms with Crippen LogP contribution in [0.2, 0.25) is 0 Å². The number of carbonyl (C=O) groups is 2. The number of benzene rings is 2. The van der Waals surface area contributed by atoms with Crippen LogP contribution in [0.3, 0.4) is 0 Å². The standard InChI is InChI=1S/C27H37N3O4S/c1-19(2)17-28-25(31)21-7-6-16-30(18-21)26(32)20-8-12-23(13-9-20)29-35(33,34)24-14-10-22(11-15-24)27(3,4)5/h8-15,19,21,29H,6-7,16-18H2,1-5H3,(H,28,31). The molecule has 3 rings (SSSR count). The van der Waals surface area contributed by atoms with Gasteiger partial charge in [-0.1, -0.05) is 46.8 Å². The molecule has 0 aromatic heterocycles. The van der Waals surface area contributed by atoms with E-state index in [0.29, 0.717) is 36.8 Å². The van der Waals surface area contributed by atoms with Crippen molar-refractivity contribution in [3.8, 4) is 0 Å². The van der Waals surface area contributed by atoms with Crippen LogP contribution < -0.4 is 10.0 Å². The van der Waals surface area contributed by atoms with Crippen molar-refractivity contribution in [1.82, 2.24) is 10.2 Å². The topological polar surface area (TPSA) is 95.6 Å². The van der Waals surface area contributed by atoms with E-state index in [1.807, 2.05) is 26.0 Å². The number of rotatable bonds is 7. The summed E-state index contributed by atoms with van der Waals surface area (Å²) in [6.07, 6.45) is 1.54. The molecule has 1 aliphatic heterocycles. The summed E-state index contributed by atoms with van der Waals surface area (Å²) in [5, 5.41) is 2.96. The summed E-state index contributed by atoms with van der Waals surface area (Å²) >= 11 is 0. The van der Waals surface area contributed by atoms with Gasteiger partial charge in [-0.3, -0.25) is 14.3 Å². The Morgan fingerprint density at radius 3 is 2.23 bits per heavy atom. The number of nitrogens with one attached hydrogen (secondary N) is 2. The molecular weight excluding hydrogens is 462 g/mol. The molecule has 35 heavy (non-hydrogen) atoms. The monoisotopic (exact) mass is 499 g/mol. The fourth-order valence-corrected chi connectivity index (χ4v) is 5.09. The maximum atomic E-state index is 13.0. The minimum atomic E-state index is -3.75. The number of likely N-dealkylation sites (tertiary alicyclic amines) is 1. The van der Waals surface area contributed by atoms with Gasteiger partial charge in [0, 0.05) is 30.9 Å². The molecule has 190 valence electrons. The molecule has 0 bridgehead atoms. The van der Waals surface area contributed by atoms with Gasteiger partial charge in [-0.25, -0.2) is 8.42 Å². The molecule has 0 radical (unpaired) electrons. The van der Waals surface area contributed by atoms with E-state index in [9.17, 15) is 18.0 Å². The molecule has 2 aromatic rings. The lowest BCUT2D eigenvalue weighted by atomic mass is 9.87. The average Bonchev–Trinajstić information content (AvgIpc) is 2.82. The summed E-state index contributed by atoms with van der Waals surface area (Å²) in [5.41, 5.74) is 1.83. The summed E-state index contributed by atoms with van der Waals surface area (Å²) in [6.45, 7) is 11.9. The summed E-state index contributed by atoms with van der Waals surface area (Å²) in [4.78, 5) is 27.4. The quantitative estimate of drug-likeness (QED) is 0.590. The molecule has 1 atom stereocenters. The number of hydrogen-bond acceptors (Lipinski definition) is 4. The molecule has 1 aliphatic rings. The first kappa shape index (κ1) is 26.7. The number of hydrogen-bond donors (Lipinski definition) is 2. The minimum absolute atomic E-state index is 0.00325. The maximum Gasteiger partial charge on any atom is 0.261 e. The van der Waals surface area contributed by atoms with E-state index in [2.05, 4.69) is 30.8 Å². The first-order chi connectivity index (χ1) is 16.4. The van der Waals surface area contributed by atoms with Gasteiger partial charge in [0.1, 0.15) is 0 Å². The molecule has 1 heterocycles. The first-order valence-corrected chi connectivity index (χ1v) is 13.7. The summed E-state index contributed by atoms with van der Waals surface area (Å²) < 4.78 is 28.2. The Kier molecular flexibility index (Phi) is 8.26. The van der Waals surface area contributed by atoms with Crippen molar-refractivity contribution in [3.63, 3.8) is 0 Å². The summed E-state index contributed by atoms with van der Waals surface area (Å²) in [7, 11) is -3.75. The van der Waals surface area contributed by atoms with Crippen molar-refractivity contribution in [2.45, 2.75) is 57.8 Å². The lowest BCUT2D eigenvalue weighted by molar-refractivity contribution is -0.126. The SMILES string of the molecule is CC(C)CNC(=O)C1CCCN(C(=O)c2ccc(NS(=O)(=O)c3ccc(C(C)(C)C)cc3)cc2)C1. The third kappa shape index (κ3) is 7.07. The van der Waals surface area contributed by atoms with Gasteiger partial charge in [0.25, 0.3) is 15.9 Å². The fraction of sp³-hybridized carbons (Fsp3) is 0.481. The van der Waals surface area contributed by atoms with Gasteiger partial charge >= 0.3 is 0 Å². The van der Waals surface area contributed by atoms with E-state index < -0.39 is 10.0 Å². The van der Waals surface area contributed by atoms with Crippen molar-refractivity contribution in [3.05, 3.63) is 59.7 Å². The third-order valence-corrected chi connectivity index (χ3v) is 7.58. The Hall–Kier alpha value is -2.87. The number of piperidine rings is 1. The second-order valence-corrected chi connectivity index (χ2v) is 12.4. The average molecular weight is 500 g/mol. The zero-order valence-electron chi connectivity index (χ0n) is 21.3. The van der Waals surface area contributed by atoms with Crippen LogP contribution in [0.5, 0.6) is 0 Å². The molecule has 1 saturated heterocycles. The van der Waals surface area contributed by atoms with Crippen LogP contribution in [-0.4, -0.2) is 44.8 Å². The van der Waals surface area contributed by atoms with E-state index in [4.69, 9.17) is 0 Å². The maximum absolute atomic E-state index is 13.0. The van der Waals surface area contributed by atoms with Crippen LogP contribution >= 0.6 is 0 Å². The van der Waals surface area contributed by atoms with Crippen LogP contribution in [0.4, 0.5) is 5.69 Å². The van der Waals surface area contributed by atoms with Crippen LogP contribution in [-0.2, 0) is 20.2 Å². The number of anilines is 1. The van der Waals surface area contributed by atoms with E-state index >= 15 is 0 Å². The Morgan fingerprint density at radius 1 is 1.03 bits per heavy atom. The molecule has 2 N–H and O–H groups in total. The van der Waals surface area contributed by atoms with Crippen LogP contribution in [0.25, 0.3) is 0 Å². The van der Waals surface area contributed by atoms with Crippen molar-refractivity contribution in [2.75, 3.05) is 24.4 Å². The van der Waals surface area contributed by atoms with Crippen molar-refractivity contribution in [1.29, 1.82) is 0 Å². The molecular formula is C27H37N3O4S. The largest absolute Gasteiger partial charge is 0.356 e. The van der Waals surface area contributed by atoms with Crippen molar-refractivity contribution in [2.24, 2.45) is 11.8 Å². The summed E-state index contributed by atoms with van der Waals surface area (Å²) in [6, 6.07) is 13.3. The van der Waals surface area contributed by atoms with Crippen LogP contribution in [0, 0.1) is 11.8 Å². The molecule has 2 amide bonds. The highest BCUT2D eigenvalue weighted by molar-refractivity contribution is 7.92. The van der Waals surface area contributed by atoms with Gasteiger partial charge in [0.05, 0.1) is 10.8 Å². The van der Waals surface area contributed by atoms with Crippen LogP contribution in [0.1, 0.15) is 63.4 Å². The highest BCUT2D eigenvalue weighted by Gasteiger charge is 2.29.